The SMILES string of the molecule is CCN=CC(=CN)C(=O)Nc1ccc2cc3n(c2c1)[C@H](C)CNC3=O. The molecule has 0 saturated carbocycles. The van der Waals surface area contributed by atoms with E-state index in [1.54, 1.807) is 6.07 Å². The van der Waals surface area contributed by atoms with E-state index in [2.05, 4.69) is 15.6 Å². The summed E-state index contributed by atoms with van der Waals surface area (Å²) in [5.74, 6) is -0.403. The van der Waals surface area contributed by atoms with Crippen LogP contribution in [-0.2, 0) is 4.79 Å². The maximum Gasteiger partial charge on any atom is 0.268 e. The predicted molar refractivity (Wildman–Crippen MR) is 98.9 cm³/mol. The van der Waals surface area contributed by atoms with Gasteiger partial charge in [-0.25, -0.2) is 0 Å². The van der Waals surface area contributed by atoms with Crippen LogP contribution in [0.2, 0.25) is 0 Å². The summed E-state index contributed by atoms with van der Waals surface area (Å²) < 4.78 is 2.00. The average Bonchev–Trinajstić information content (AvgIpc) is 2.99. The van der Waals surface area contributed by atoms with Gasteiger partial charge in [-0.15, -0.1) is 0 Å². The van der Waals surface area contributed by atoms with Crippen LogP contribution < -0.4 is 16.4 Å². The number of benzene rings is 1. The van der Waals surface area contributed by atoms with Crippen LogP contribution in [0.3, 0.4) is 0 Å². The number of fused-ring (bicyclic) bond motifs is 3. The van der Waals surface area contributed by atoms with Gasteiger partial charge in [0.2, 0.25) is 0 Å². The summed E-state index contributed by atoms with van der Waals surface area (Å²) in [4.78, 5) is 28.4. The molecule has 1 aromatic carbocycles. The molecule has 3 rings (SSSR count). The minimum Gasteiger partial charge on any atom is -0.404 e. The van der Waals surface area contributed by atoms with E-state index in [-0.39, 0.29) is 17.9 Å². The first kappa shape index (κ1) is 16.8. The molecule has 1 aliphatic heterocycles. The first-order valence-corrected chi connectivity index (χ1v) is 8.21. The van der Waals surface area contributed by atoms with Crippen LogP contribution in [0.5, 0.6) is 0 Å². The zero-order valence-corrected chi connectivity index (χ0v) is 14.2. The third-order valence-corrected chi connectivity index (χ3v) is 4.19. The molecule has 2 aromatic rings. The molecule has 1 aromatic heterocycles. The molecule has 1 atom stereocenters. The lowest BCUT2D eigenvalue weighted by molar-refractivity contribution is -0.112. The van der Waals surface area contributed by atoms with Gasteiger partial charge in [-0.05, 0) is 32.0 Å². The quantitative estimate of drug-likeness (QED) is 0.585. The highest BCUT2D eigenvalue weighted by Crippen LogP contribution is 2.28. The van der Waals surface area contributed by atoms with Crippen LogP contribution in [0.25, 0.3) is 10.9 Å². The van der Waals surface area contributed by atoms with E-state index in [0.717, 1.165) is 10.9 Å². The zero-order valence-electron chi connectivity index (χ0n) is 14.2. The van der Waals surface area contributed by atoms with Crippen molar-refractivity contribution in [2.24, 2.45) is 10.7 Å². The fourth-order valence-electron chi connectivity index (χ4n) is 2.94. The van der Waals surface area contributed by atoms with E-state index in [1.165, 1.54) is 12.4 Å². The molecular formula is C18H21N5O2. The number of anilines is 1. The van der Waals surface area contributed by atoms with Gasteiger partial charge in [0.1, 0.15) is 5.69 Å². The Morgan fingerprint density at radius 2 is 2.28 bits per heavy atom. The van der Waals surface area contributed by atoms with Crippen molar-refractivity contribution in [2.45, 2.75) is 19.9 Å². The highest BCUT2D eigenvalue weighted by molar-refractivity contribution is 6.18. The summed E-state index contributed by atoms with van der Waals surface area (Å²) in [7, 11) is 0. The Labute approximate surface area is 145 Å². The molecule has 2 heterocycles. The van der Waals surface area contributed by atoms with Crippen molar-refractivity contribution in [2.75, 3.05) is 18.4 Å². The summed E-state index contributed by atoms with van der Waals surface area (Å²) in [5.41, 5.74) is 7.99. The standard InChI is InChI=1S/C18H21N5O2/c1-3-20-10-13(8-19)17(24)22-14-5-4-12-6-16-18(25)21-9-11(2)23(16)15(12)7-14/h4-8,10-11H,3,9,19H2,1-2H3,(H,21,25)(H,22,24)/t11-/m1/s1. The van der Waals surface area contributed by atoms with E-state index in [1.807, 2.05) is 36.6 Å². The summed E-state index contributed by atoms with van der Waals surface area (Å²) in [6, 6.07) is 7.58. The second kappa shape index (κ2) is 6.80. The van der Waals surface area contributed by atoms with Crippen LogP contribution in [0.15, 0.2) is 41.0 Å². The molecule has 0 bridgehead atoms. The summed E-state index contributed by atoms with van der Waals surface area (Å²) in [6.45, 7) is 5.08. The van der Waals surface area contributed by atoms with Crippen molar-refractivity contribution < 1.29 is 9.59 Å². The summed E-state index contributed by atoms with van der Waals surface area (Å²) >= 11 is 0. The van der Waals surface area contributed by atoms with E-state index in [4.69, 9.17) is 5.73 Å². The molecule has 0 aliphatic carbocycles. The Bertz CT molecular complexity index is 894. The van der Waals surface area contributed by atoms with Crippen LogP contribution in [0.1, 0.15) is 30.4 Å². The third kappa shape index (κ3) is 3.13. The Morgan fingerprint density at radius 1 is 1.48 bits per heavy atom. The molecule has 130 valence electrons. The Kier molecular flexibility index (Phi) is 4.56. The van der Waals surface area contributed by atoms with E-state index < -0.39 is 0 Å². The van der Waals surface area contributed by atoms with Gasteiger partial charge in [0.25, 0.3) is 11.8 Å². The highest BCUT2D eigenvalue weighted by Gasteiger charge is 2.24. The van der Waals surface area contributed by atoms with Crippen LogP contribution in [0, 0.1) is 0 Å². The largest absolute Gasteiger partial charge is 0.404 e. The van der Waals surface area contributed by atoms with Crippen LogP contribution in [-0.4, -0.2) is 35.7 Å². The monoisotopic (exact) mass is 339 g/mol. The lowest BCUT2D eigenvalue weighted by Crippen LogP contribution is -2.37. The third-order valence-electron chi connectivity index (χ3n) is 4.19. The minimum atomic E-state index is -0.324. The van der Waals surface area contributed by atoms with Crippen molar-refractivity contribution in [3.8, 4) is 0 Å². The maximum absolute atomic E-state index is 12.3. The van der Waals surface area contributed by atoms with E-state index in [9.17, 15) is 9.59 Å². The number of rotatable bonds is 4. The van der Waals surface area contributed by atoms with Crippen LogP contribution >= 0.6 is 0 Å². The number of nitrogens with zero attached hydrogens (tertiary/aromatic N) is 2. The average molecular weight is 339 g/mol. The fraction of sp³-hybridized carbons (Fsp3) is 0.278. The van der Waals surface area contributed by atoms with Gasteiger partial charge in [-0.2, -0.15) is 0 Å². The smallest absolute Gasteiger partial charge is 0.268 e. The number of aromatic nitrogens is 1. The minimum absolute atomic E-state index is 0.0796. The number of aliphatic imine (C=N–C) groups is 1. The Balaban J connectivity index is 1.94. The molecule has 0 radical (unpaired) electrons. The summed E-state index contributed by atoms with van der Waals surface area (Å²) in [5, 5.41) is 6.65. The molecule has 0 unspecified atom stereocenters. The van der Waals surface area contributed by atoms with Crippen molar-refractivity contribution in [1.29, 1.82) is 0 Å². The van der Waals surface area contributed by atoms with Crippen molar-refractivity contribution >= 4 is 34.6 Å². The number of nitrogens with one attached hydrogen (secondary N) is 2. The number of amides is 2. The maximum atomic E-state index is 12.3. The fourth-order valence-corrected chi connectivity index (χ4v) is 2.94. The molecular weight excluding hydrogens is 318 g/mol. The van der Waals surface area contributed by atoms with Gasteiger partial charge in [0.15, 0.2) is 0 Å². The van der Waals surface area contributed by atoms with Gasteiger partial charge in [-0.1, -0.05) is 6.07 Å². The second-order valence-corrected chi connectivity index (χ2v) is 5.94. The van der Waals surface area contributed by atoms with Crippen molar-refractivity contribution in [1.82, 2.24) is 9.88 Å². The highest BCUT2D eigenvalue weighted by atomic mass is 16.2. The zero-order chi connectivity index (χ0) is 18.0. The first-order valence-electron chi connectivity index (χ1n) is 8.21. The van der Waals surface area contributed by atoms with Gasteiger partial charge in [-0.3, -0.25) is 14.6 Å². The second-order valence-electron chi connectivity index (χ2n) is 5.94. The molecule has 2 amide bonds. The lowest BCUT2D eigenvalue weighted by Gasteiger charge is -2.24. The lowest BCUT2D eigenvalue weighted by atomic mass is 10.2. The van der Waals surface area contributed by atoms with Gasteiger partial charge >= 0.3 is 0 Å². The molecule has 1 aliphatic rings. The molecule has 0 spiro atoms. The number of hydrogen-bond donors (Lipinski definition) is 3. The topological polar surface area (TPSA) is 102 Å². The van der Waals surface area contributed by atoms with Crippen molar-refractivity contribution in [3.05, 3.63) is 41.7 Å². The number of hydrogen-bond acceptors (Lipinski definition) is 4. The molecule has 0 saturated heterocycles. The molecule has 0 fully saturated rings. The molecule has 7 heteroatoms. The number of carbonyl (C=O) groups is 2. The first-order chi connectivity index (χ1) is 12.0. The van der Waals surface area contributed by atoms with Gasteiger partial charge in [0.05, 0.1) is 11.1 Å². The van der Waals surface area contributed by atoms with E-state index in [0.29, 0.717) is 30.0 Å². The predicted octanol–water partition coefficient (Wildman–Crippen LogP) is 1.82. The number of nitrogens with two attached hydrogens (primary N) is 1. The normalized spacial score (nSPS) is 17.6. The van der Waals surface area contributed by atoms with Gasteiger partial charge < -0.3 is 20.9 Å². The van der Waals surface area contributed by atoms with E-state index >= 15 is 0 Å². The Hall–Kier alpha value is -3.09. The van der Waals surface area contributed by atoms with Crippen molar-refractivity contribution in [3.63, 3.8) is 0 Å². The summed E-state index contributed by atoms with van der Waals surface area (Å²) in [6.07, 6.45) is 2.69. The van der Waals surface area contributed by atoms with Gasteiger partial charge in [0, 0.05) is 42.6 Å². The molecule has 7 nitrogen and oxygen atoms in total. The number of carbonyl (C=O) groups excluding carboxylic acids is 2. The molecule has 4 N–H and O–H groups in total. The van der Waals surface area contributed by atoms with Crippen LogP contribution in [0.4, 0.5) is 5.69 Å². The molecule has 25 heavy (non-hydrogen) atoms. The Morgan fingerprint density at radius 3 is 3.00 bits per heavy atom.